The second-order valence-electron chi connectivity index (χ2n) is 2.64. The second-order valence-corrected chi connectivity index (χ2v) is 2.64. The van der Waals surface area contributed by atoms with Gasteiger partial charge in [0.05, 0.1) is 0 Å². The van der Waals surface area contributed by atoms with E-state index in [2.05, 4.69) is 5.32 Å². The molecule has 0 aliphatic carbocycles. The molecule has 11 heavy (non-hydrogen) atoms. The quantitative estimate of drug-likeness (QED) is 0.557. The SMILES string of the molecule is FC(F)(F)C[N+]1CCNCC1. The number of rotatable bonds is 1. The molecule has 0 amide bonds. The molecular formula is C6H11F3N2+. The van der Waals surface area contributed by atoms with Crippen molar-refractivity contribution in [1.82, 2.24) is 10.2 Å². The van der Waals surface area contributed by atoms with Crippen molar-refractivity contribution in [2.24, 2.45) is 0 Å². The fraction of sp³-hybridized carbons (Fsp3) is 1.00. The lowest BCUT2D eigenvalue weighted by Gasteiger charge is -2.18. The van der Waals surface area contributed by atoms with E-state index in [4.69, 9.17) is 0 Å². The van der Waals surface area contributed by atoms with Gasteiger partial charge >= 0.3 is 6.18 Å². The second kappa shape index (κ2) is 3.40. The highest BCUT2D eigenvalue weighted by Crippen LogP contribution is 2.15. The van der Waals surface area contributed by atoms with E-state index in [9.17, 15) is 13.2 Å². The van der Waals surface area contributed by atoms with E-state index in [-0.39, 0.29) is 0 Å². The summed E-state index contributed by atoms with van der Waals surface area (Å²) in [7, 11) is 0. The molecule has 1 radical (unpaired) electrons. The van der Waals surface area contributed by atoms with Crippen LogP contribution in [0.4, 0.5) is 13.2 Å². The Balaban J connectivity index is 2.24. The fourth-order valence-electron chi connectivity index (χ4n) is 1.12. The van der Waals surface area contributed by atoms with Gasteiger partial charge in [0, 0.05) is 13.1 Å². The molecular weight excluding hydrogens is 157 g/mol. The summed E-state index contributed by atoms with van der Waals surface area (Å²) in [4.78, 5) is 1.41. The monoisotopic (exact) mass is 168 g/mol. The van der Waals surface area contributed by atoms with Crippen LogP contribution in [-0.4, -0.2) is 38.9 Å². The minimum absolute atomic E-state index is 0.500. The lowest BCUT2D eigenvalue weighted by Crippen LogP contribution is -2.51. The number of hydrogen-bond acceptors (Lipinski definition) is 2. The molecule has 0 aromatic heterocycles. The lowest BCUT2D eigenvalue weighted by atomic mass is 10.3. The van der Waals surface area contributed by atoms with Gasteiger partial charge in [-0.15, -0.1) is 0 Å². The molecule has 0 saturated carbocycles. The third kappa shape index (κ3) is 3.57. The van der Waals surface area contributed by atoms with E-state index < -0.39 is 12.7 Å². The van der Waals surface area contributed by atoms with Crippen molar-refractivity contribution in [2.45, 2.75) is 6.18 Å². The van der Waals surface area contributed by atoms with E-state index in [1.165, 1.54) is 4.90 Å². The van der Waals surface area contributed by atoms with Crippen LogP contribution < -0.4 is 10.2 Å². The summed E-state index contributed by atoms with van der Waals surface area (Å²) in [6.07, 6.45) is -4.04. The largest absolute Gasteiger partial charge is 0.443 e. The standard InChI is InChI=1S/C6H11F3N2/c7-6(8,9)5-11-3-1-10-2-4-11/h10H,1-5H2/q+1. The van der Waals surface area contributed by atoms with Crippen LogP contribution in [-0.2, 0) is 0 Å². The van der Waals surface area contributed by atoms with Crippen LogP contribution in [0.25, 0.3) is 0 Å². The first-order valence-corrected chi connectivity index (χ1v) is 3.58. The number of alkyl halides is 3. The summed E-state index contributed by atoms with van der Waals surface area (Å²) < 4.78 is 35.3. The van der Waals surface area contributed by atoms with Gasteiger partial charge < -0.3 is 5.32 Å². The predicted molar refractivity (Wildman–Crippen MR) is 35.7 cm³/mol. The predicted octanol–water partition coefficient (Wildman–Crippen LogP) is 0.292. The molecule has 1 N–H and O–H groups in total. The highest BCUT2D eigenvalue weighted by atomic mass is 19.4. The zero-order valence-corrected chi connectivity index (χ0v) is 6.12. The van der Waals surface area contributed by atoms with Crippen molar-refractivity contribution < 1.29 is 13.2 Å². The van der Waals surface area contributed by atoms with Crippen LogP contribution in [0.2, 0.25) is 0 Å². The van der Waals surface area contributed by atoms with E-state index in [0.717, 1.165) is 0 Å². The van der Waals surface area contributed by atoms with Crippen LogP contribution in [0.3, 0.4) is 0 Å². The molecule has 0 aromatic carbocycles. The minimum atomic E-state index is -4.04. The Morgan fingerprint density at radius 3 is 2.18 bits per heavy atom. The molecule has 1 aliphatic heterocycles. The van der Waals surface area contributed by atoms with E-state index in [1.54, 1.807) is 0 Å². The first-order chi connectivity index (χ1) is 5.08. The maximum atomic E-state index is 11.8. The molecule has 0 atom stereocenters. The first-order valence-electron chi connectivity index (χ1n) is 3.58. The summed E-state index contributed by atoms with van der Waals surface area (Å²) in [5.74, 6) is 0. The molecule has 0 bridgehead atoms. The van der Waals surface area contributed by atoms with Crippen molar-refractivity contribution in [3.05, 3.63) is 0 Å². The minimum Gasteiger partial charge on any atom is -0.306 e. The Morgan fingerprint density at radius 2 is 1.73 bits per heavy atom. The molecule has 0 aromatic rings. The number of piperazine rings is 1. The van der Waals surface area contributed by atoms with Gasteiger partial charge in [0.15, 0.2) is 0 Å². The van der Waals surface area contributed by atoms with E-state index in [0.29, 0.717) is 26.2 Å². The Hall–Kier alpha value is -0.290. The van der Waals surface area contributed by atoms with E-state index >= 15 is 0 Å². The van der Waals surface area contributed by atoms with E-state index in [1.807, 2.05) is 0 Å². The smallest absolute Gasteiger partial charge is 0.306 e. The summed E-state index contributed by atoms with van der Waals surface area (Å²) in [6, 6.07) is 0. The van der Waals surface area contributed by atoms with Crippen LogP contribution in [0, 0.1) is 0 Å². The van der Waals surface area contributed by atoms with Crippen molar-refractivity contribution >= 4 is 0 Å². The number of nitrogens with zero attached hydrogens (tertiary/aromatic N) is 1. The van der Waals surface area contributed by atoms with Gasteiger partial charge in [0.1, 0.15) is 13.1 Å². The normalized spacial score (nSPS) is 22.1. The van der Waals surface area contributed by atoms with Crippen molar-refractivity contribution in [1.29, 1.82) is 0 Å². The topological polar surface area (TPSA) is 17.9 Å². The molecule has 1 aliphatic rings. The van der Waals surface area contributed by atoms with Gasteiger partial charge in [-0.25, -0.2) is 0 Å². The van der Waals surface area contributed by atoms with Crippen molar-refractivity contribution in [3.63, 3.8) is 0 Å². The molecule has 0 spiro atoms. The van der Waals surface area contributed by atoms with Crippen LogP contribution >= 0.6 is 0 Å². The van der Waals surface area contributed by atoms with Crippen molar-refractivity contribution in [3.8, 4) is 0 Å². The molecule has 2 nitrogen and oxygen atoms in total. The molecule has 1 saturated heterocycles. The highest BCUT2D eigenvalue weighted by molar-refractivity contribution is 4.75. The third-order valence-electron chi connectivity index (χ3n) is 1.61. The zero-order chi connectivity index (χ0) is 8.32. The summed E-state index contributed by atoms with van der Waals surface area (Å²) in [6.45, 7) is 1.56. The molecule has 0 unspecified atom stereocenters. The number of halogens is 3. The molecule has 1 fully saturated rings. The maximum Gasteiger partial charge on any atom is 0.443 e. The first kappa shape index (κ1) is 8.80. The maximum absolute atomic E-state index is 11.8. The van der Waals surface area contributed by atoms with Crippen LogP contribution in [0.1, 0.15) is 0 Å². The van der Waals surface area contributed by atoms with Gasteiger partial charge in [-0.05, 0) is 0 Å². The van der Waals surface area contributed by atoms with Gasteiger partial charge in [0.25, 0.3) is 0 Å². The summed E-state index contributed by atoms with van der Waals surface area (Å²) >= 11 is 0. The Bertz CT molecular complexity index is 117. The van der Waals surface area contributed by atoms with Gasteiger partial charge in [0.2, 0.25) is 6.54 Å². The van der Waals surface area contributed by atoms with Crippen LogP contribution in [0.5, 0.6) is 0 Å². The summed E-state index contributed by atoms with van der Waals surface area (Å²) in [5.41, 5.74) is 0. The summed E-state index contributed by atoms with van der Waals surface area (Å²) in [5, 5.41) is 2.99. The molecule has 1 rings (SSSR count). The molecule has 65 valence electrons. The zero-order valence-electron chi connectivity index (χ0n) is 6.12. The molecule has 5 heteroatoms. The van der Waals surface area contributed by atoms with Gasteiger partial charge in [-0.1, -0.05) is 0 Å². The average molecular weight is 168 g/mol. The highest BCUT2D eigenvalue weighted by Gasteiger charge is 2.37. The fourth-order valence-corrected chi connectivity index (χ4v) is 1.12. The third-order valence-corrected chi connectivity index (χ3v) is 1.61. The lowest BCUT2D eigenvalue weighted by molar-refractivity contribution is -0.134. The number of hydrogen-bond donors (Lipinski definition) is 1. The molecule has 1 heterocycles. The average Bonchev–Trinajstić information content (AvgIpc) is 1.85. The Morgan fingerprint density at radius 1 is 1.18 bits per heavy atom. The Kier molecular flexibility index (Phi) is 2.72. The Labute approximate surface area is 63.4 Å². The number of nitrogens with one attached hydrogen (secondary N) is 1. The van der Waals surface area contributed by atoms with Gasteiger partial charge in [-0.2, -0.15) is 18.1 Å². The van der Waals surface area contributed by atoms with Crippen LogP contribution in [0.15, 0.2) is 0 Å². The van der Waals surface area contributed by atoms with Gasteiger partial charge in [-0.3, -0.25) is 0 Å². The van der Waals surface area contributed by atoms with Crippen molar-refractivity contribution in [2.75, 3.05) is 32.7 Å².